The third-order valence-corrected chi connectivity index (χ3v) is 5.12. The summed E-state index contributed by atoms with van der Waals surface area (Å²) in [5.74, 6) is 0.115. The van der Waals surface area contributed by atoms with E-state index in [2.05, 4.69) is 10.2 Å². The molecule has 2 saturated heterocycles. The fraction of sp³-hybridized carbons (Fsp3) is 0.938. The van der Waals surface area contributed by atoms with Crippen molar-refractivity contribution in [2.75, 3.05) is 26.8 Å². The van der Waals surface area contributed by atoms with Crippen molar-refractivity contribution in [1.29, 1.82) is 0 Å². The first kappa shape index (κ1) is 16.2. The van der Waals surface area contributed by atoms with Crippen LogP contribution in [0.1, 0.15) is 38.5 Å². The molecule has 1 saturated carbocycles. The summed E-state index contributed by atoms with van der Waals surface area (Å²) in [4.78, 5) is 14.2. The van der Waals surface area contributed by atoms with E-state index < -0.39 is 6.10 Å². The second-order valence-electron chi connectivity index (χ2n) is 6.97. The van der Waals surface area contributed by atoms with Crippen LogP contribution in [0.4, 0.5) is 0 Å². The Bertz CT molecular complexity index is 388. The van der Waals surface area contributed by atoms with Crippen LogP contribution in [0.2, 0.25) is 0 Å². The van der Waals surface area contributed by atoms with Gasteiger partial charge in [0.25, 0.3) is 0 Å². The highest BCUT2D eigenvalue weighted by atomic mass is 16.5. The van der Waals surface area contributed by atoms with Crippen LogP contribution in [-0.4, -0.2) is 73.1 Å². The lowest BCUT2D eigenvalue weighted by molar-refractivity contribution is -0.153. The van der Waals surface area contributed by atoms with E-state index in [1.807, 2.05) is 7.05 Å². The molecule has 0 aromatic carbocycles. The van der Waals surface area contributed by atoms with Gasteiger partial charge in [0.05, 0.1) is 37.9 Å². The molecule has 1 aliphatic carbocycles. The first-order chi connectivity index (χ1) is 10.6. The van der Waals surface area contributed by atoms with Gasteiger partial charge in [0.1, 0.15) is 0 Å². The molecule has 0 radical (unpaired) electrons. The third kappa shape index (κ3) is 3.98. The number of aliphatic hydroxyl groups is 1. The standard InChI is InChI=1S/C16H28N2O4/c1-18-8-12(19)9-21-10-15-14(18)6-5-13(22-15)7-16(20)17-11-3-2-4-11/h11-15,19H,2-10H2,1H3,(H,17,20)/t12-,13-,14-,15+/m1/s1. The highest BCUT2D eigenvalue weighted by Gasteiger charge is 2.36. The third-order valence-electron chi connectivity index (χ3n) is 5.12. The number of rotatable bonds is 3. The minimum atomic E-state index is -0.433. The fourth-order valence-corrected chi connectivity index (χ4v) is 3.64. The van der Waals surface area contributed by atoms with Gasteiger partial charge in [-0.3, -0.25) is 9.69 Å². The zero-order chi connectivity index (χ0) is 15.5. The number of likely N-dealkylation sites (N-methyl/N-ethyl adjacent to an activating group) is 1. The second-order valence-corrected chi connectivity index (χ2v) is 6.97. The fourth-order valence-electron chi connectivity index (χ4n) is 3.64. The van der Waals surface area contributed by atoms with Crippen molar-refractivity contribution in [2.45, 2.75) is 68.9 Å². The van der Waals surface area contributed by atoms with Crippen molar-refractivity contribution in [2.24, 2.45) is 0 Å². The van der Waals surface area contributed by atoms with Crippen LogP contribution in [0.25, 0.3) is 0 Å². The maximum atomic E-state index is 12.0. The lowest BCUT2D eigenvalue weighted by Crippen LogP contribution is -2.54. The topological polar surface area (TPSA) is 71.0 Å². The number of hydrogen-bond donors (Lipinski definition) is 2. The van der Waals surface area contributed by atoms with Crippen molar-refractivity contribution in [3.05, 3.63) is 0 Å². The maximum absolute atomic E-state index is 12.0. The predicted octanol–water partition coefficient (Wildman–Crippen LogP) is 0.284. The number of ether oxygens (including phenoxy) is 2. The van der Waals surface area contributed by atoms with Crippen LogP contribution < -0.4 is 5.32 Å². The molecule has 6 nitrogen and oxygen atoms in total. The molecular formula is C16H28N2O4. The number of fused-ring (bicyclic) bond motifs is 1. The number of amides is 1. The SMILES string of the molecule is CN1C[C@@H](O)COC[C@@H]2O[C@@H](CC(=O)NC3CCC3)CC[C@H]21. The van der Waals surface area contributed by atoms with Crippen molar-refractivity contribution in [3.63, 3.8) is 0 Å². The highest BCUT2D eigenvalue weighted by Crippen LogP contribution is 2.27. The van der Waals surface area contributed by atoms with Crippen LogP contribution in [0.3, 0.4) is 0 Å². The molecule has 0 bridgehead atoms. The van der Waals surface area contributed by atoms with E-state index in [0.29, 0.717) is 32.2 Å². The van der Waals surface area contributed by atoms with E-state index in [4.69, 9.17) is 9.47 Å². The number of nitrogens with zero attached hydrogens (tertiary/aromatic N) is 1. The molecule has 2 N–H and O–H groups in total. The summed E-state index contributed by atoms with van der Waals surface area (Å²) in [6, 6.07) is 0.655. The van der Waals surface area contributed by atoms with Crippen LogP contribution in [0.15, 0.2) is 0 Å². The molecule has 2 heterocycles. The van der Waals surface area contributed by atoms with Gasteiger partial charge in [-0.05, 0) is 39.2 Å². The van der Waals surface area contributed by atoms with Gasteiger partial charge in [0.15, 0.2) is 0 Å². The van der Waals surface area contributed by atoms with E-state index in [9.17, 15) is 9.90 Å². The molecule has 4 atom stereocenters. The Balaban J connectivity index is 1.49. The number of carbonyl (C=O) groups excluding carboxylic acids is 1. The quantitative estimate of drug-likeness (QED) is 0.783. The number of hydrogen-bond acceptors (Lipinski definition) is 5. The van der Waals surface area contributed by atoms with Crippen molar-refractivity contribution >= 4 is 5.91 Å². The van der Waals surface area contributed by atoms with Gasteiger partial charge in [-0.2, -0.15) is 0 Å². The molecule has 0 aromatic rings. The van der Waals surface area contributed by atoms with Gasteiger partial charge in [0, 0.05) is 18.6 Å². The molecule has 22 heavy (non-hydrogen) atoms. The molecule has 1 amide bonds. The lowest BCUT2D eigenvalue weighted by atomic mass is 9.92. The summed E-state index contributed by atoms with van der Waals surface area (Å²) in [5, 5.41) is 12.9. The van der Waals surface area contributed by atoms with Gasteiger partial charge >= 0.3 is 0 Å². The van der Waals surface area contributed by atoms with Gasteiger partial charge in [-0.15, -0.1) is 0 Å². The highest BCUT2D eigenvalue weighted by molar-refractivity contribution is 5.76. The first-order valence-electron chi connectivity index (χ1n) is 8.52. The normalized spacial score (nSPS) is 37.5. The monoisotopic (exact) mass is 312 g/mol. The molecule has 3 rings (SSSR count). The van der Waals surface area contributed by atoms with E-state index in [0.717, 1.165) is 25.7 Å². The number of aliphatic hydroxyl groups excluding tert-OH is 1. The Morgan fingerprint density at radius 1 is 1.27 bits per heavy atom. The van der Waals surface area contributed by atoms with Gasteiger partial charge < -0.3 is 19.9 Å². The summed E-state index contributed by atoms with van der Waals surface area (Å²) in [6.45, 7) is 1.45. The first-order valence-corrected chi connectivity index (χ1v) is 8.52. The van der Waals surface area contributed by atoms with E-state index in [-0.39, 0.29) is 24.2 Å². The van der Waals surface area contributed by atoms with E-state index in [1.54, 1.807) is 0 Å². The van der Waals surface area contributed by atoms with Crippen molar-refractivity contribution in [3.8, 4) is 0 Å². The minimum Gasteiger partial charge on any atom is -0.389 e. The minimum absolute atomic E-state index is 0.00671. The summed E-state index contributed by atoms with van der Waals surface area (Å²) in [6.07, 6.45) is 5.33. The van der Waals surface area contributed by atoms with Gasteiger partial charge in [-0.25, -0.2) is 0 Å². The average molecular weight is 312 g/mol. The van der Waals surface area contributed by atoms with Gasteiger partial charge in [-0.1, -0.05) is 0 Å². The molecule has 3 aliphatic rings. The maximum Gasteiger partial charge on any atom is 0.222 e. The Morgan fingerprint density at radius 3 is 2.82 bits per heavy atom. The molecule has 6 heteroatoms. The molecule has 0 spiro atoms. The van der Waals surface area contributed by atoms with Crippen molar-refractivity contribution < 1.29 is 19.4 Å². The Labute approximate surface area is 132 Å². The summed E-state index contributed by atoms with van der Waals surface area (Å²) < 4.78 is 11.7. The largest absolute Gasteiger partial charge is 0.389 e. The second kappa shape index (κ2) is 7.25. The molecule has 0 aromatic heterocycles. The van der Waals surface area contributed by atoms with Gasteiger partial charge in [0.2, 0.25) is 5.91 Å². The zero-order valence-corrected chi connectivity index (χ0v) is 13.4. The smallest absolute Gasteiger partial charge is 0.222 e. The van der Waals surface area contributed by atoms with Crippen LogP contribution in [0.5, 0.6) is 0 Å². The van der Waals surface area contributed by atoms with Crippen LogP contribution in [0, 0.1) is 0 Å². The molecular weight excluding hydrogens is 284 g/mol. The van der Waals surface area contributed by atoms with E-state index in [1.165, 1.54) is 6.42 Å². The Kier molecular flexibility index (Phi) is 5.33. The van der Waals surface area contributed by atoms with E-state index >= 15 is 0 Å². The number of carbonyl (C=O) groups is 1. The Hall–Kier alpha value is -0.690. The summed E-state index contributed by atoms with van der Waals surface area (Å²) in [5.41, 5.74) is 0. The Morgan fingerprint density at radius 2 is 2.09 bits per heavy atom. The van der Waals surface area contributed by atoms with Crippen LogP contribution >= 0.6 is 0 Å². The zero-order valence-electron chi connectivity index (χ0n) is 13.4. The average Bonchev–Trinajstić information content (AvgIpc) is 2.41. The molecule has 126 valence electrons. The summed E-state index contributed by atoms with van der Waals surface area (Å²) >= 11 is 0. The molecule has 2 aliphatic heterocycles. The van der Waals surface area contributed by atoms with Crippen molar-refractivity contribution in [1.82, 2.24) is 10.2 Å². The number of β-amino-alcohol motifs (C(OH)–C–C–N with tert-alkyl or cyclic N) is 1. The molecule has 3 fully saturated rings. The predicted molar refractivity (Wildman–Crippen MR) is 81.5 cm³/mol. The lowest BCUT2D eigenvalue weighted by Gasteiger charge is -2.43. The number of nitrogens with one attached hydrogen (secondary N) is 1. The van der Waals surface area contributed by atoms with Crippen LogP contribution in [-0.2, 0) is 14.3 Å². The molecule has 0 unspecified atom stereocenters. The summed E-state index contributed by atoms with van der Waals surface area (Å²) in [7, 11) is 2.03.